The highest BCUT2D eigenvalue weighted by Gasteiger charge is 2.00. The normalized spacial score (nSPS) is 9.38. The second kappa shape index (κ2) is 9.54. The van der Waals surface area contributed by atoms with Gasteiger partial charge in [-0.1, -0.05) is 54.6 Å². The molecule has 0 atom stereocenters. The van der Waals surface area contributed by atoms with E-state index in [0.29, 0.717) is 17.1 Å². The molecule has 0 aliphatic carbocycles. The third-order valence-electron chi connectivity index (χ3n) is 3.14. The molecule has 1 heterocycles. The Hall–Kier alpha value is -3.73. The number of rotatable bonds is 0. The second-order valence-corrected chi connectivity index (χ2v) is 5.13. The Morgan fingerprint density at radius 1 is 0.615 bits per heavy atom. The maximum absolute atomic E-state index is 10.8. The first-order valence-corrected chi connectivity index (χ1v) is 7.76. The molecule has 5 heteroatoms. The van der Waals surface area contributed by atoms with Crippen LogP contribution in [0.25, 0.3) is 11.0 Å². The third-order valence-corrected chi connectivity index (χ3v) is 3.14. The minimum absolute atomic E-state index is 0.322. The van der Waals surface area contributed by atoms with Crippen molar-refractivity contribution in [2.75, 3.05) is 0 Å². The summed E-state index contributed by atoms with van der Waals surface area (Å²) in [6, 6.07) is 25.8. The largest absolute Gasteiger partial charge is 0.508 e. The summed E-state index contributed by atoms with van der Waals surface area (Å²) in [5, 5.41) is 27.0. The van der Waals surface area contributed by atoms with Crippen LogP contribution >= 0.6 is 0 Å². The van der Waals surface area contributed by atoms with Crippen molar-refractivity contribution in [2.24, 2.45) is 0 Å². The Labute approximate surface area is 150 Å². The van der Waals surface area contributed by atoms with Crippen molar-refractivity contribution in [1.82, 2.24) is 0 Å². The van der Waals surface area contributed by atoms with Crippen LogP contribution in [0.2, 0.25) is 0 Å². The molecule has 0 amide bonds. The van der Waals surface area contributed by atoms with E-state index in [0.717, 1.165) is 5.39 Å². The Bertz CT molecular complexity index is 942. The van der Waals surface area contributed by atoms with Crippen LogP contribution < -0.4 is 5.63 Å². The van der Waals surface area contributed by atoms with E-state index in [9.17, 15) is 4.79 Å². The van der Waals surface area contributed by atoms with Gasteiger partial charge in [-0.2, -0.15) is 0 Å². The Morgan fingerprint density at radius 2 is 1.08 bits per heavy atom. The van der Waals surface area contributed by atoms with E-state index in [4.69, 9.17) is 19.7 Å². The number of phenols is 2. The number of aromatic hydroxyl groups is 3. The van der Waals surface area contributed by atoms with Gasteiger partial charge in [-0.05, 0) is 36.4 Å². The van der Waals surface area contributed by atoms with Gasteiger partial charge in [0, 0.05) is 5.39 Å². The van der Waals surface area contributed by atoms with Crippen molar-refractivity contribution in [3.8, 4) is 17.2 Å². The summed E-state index contributed by atoms with van der Waals surface area (Å²) in [5.41, 5.74) is -0.214. The van der Waals surface area contributed by atoms with Crippen molar-refractivity contribution in [2.45, 2.75) is 0 Å². The molecular formula is C21H18O5. The van der Waals surface area contributed by atoms with Gasteiger partial charge in [0.05, 0.1) is 0 Å². The minimum Gasteiger partial charge on any atom is -0.508 e. The van der Waals surface area contributed by atoms with Crippen LogP contribution in [-0.4, -0.2) is 15.3 Å². The van der Waals surface area contributed by atoms with Gasteiger partial charge in [0.25, 0.3) is 0 Å². The van der Waals surface area contributed by atoms with E-state index in [1.807, 2.05) is 18.2 Å². The highest BCUT2D eigenvalue weighted by molar-refractivity contribution is 5.77. The average molecular weight is 350 g/mol. The van der Waals surface area contributed by atoms with Crippen LogP contribution in [0.1, 0.15) is 0 Å². The molecule has 3 aromatic carbocycles. The molecule has 4 aromatic rings. The highest BCUT2D eigenvalue weighted by atomic mass is 16.4. The van der Waals surface area contributed by atoms with Gasteiger partial charge in [0.15, 0.2) is 0 Å². The zero-order valence-electron chi connectivity index (χ0n) is 13.8. The lowest BCUT2D eigenvalue weighted by Gasteiger charge is -1.94. The molecule has 0 bridgehead atoms. The molecule has 0 unspecified atom stereocenters. The first-order chi connectivity index (χ1) is 12.6. The topological polar surface area (TPSA) is 90.9 Å². The predicted molar refractivity (Wildman–Crippen MR) is 100 cm³/mol. The Balaban J connectivity index is 0.000000150. The molecule has 0 saturated carbocycles. The maximum Gasteiger partial charge on any atom is 0.378 e. The lowest BCUT2D eigenvalue weighted by molar-refractivity contribution is 0.428. The molecule has 26 heavy (non-hydrogen) atoms. The molecule has 3 N–H and O–H groups in total. The first kappa shape index (κ1) is 18.6. The predicted octanol–water partition coefficient (Wildman–Crippen LogP) is 4.28. The number of fused-ring (bicyclic) bond motifs is 1. The maximum atomic E-state index is 10.8. The summed E-state index contributed by atoms with van der Waals surface area (Å²) in [7, 11) is 0. The molecule has 0 aliphatic rings. The first-order valence-electron chi connectivity index (χ1n) is 7.76. The summed E-state index contributed by atoms with van der Waals surface area (Å²) in [6.07, 6.45) is 0. The summed E-state index contributed by atoms with van der Waals surface area (Å²) < 4.78 is 4.79. The van der Waals surface area contributed by atoms with Gasteiger partial charge in [-0.3, -0.25) is 0 Å². The lowest BCUT2D eigenvalue weighted by atomic mass is 10.2. The fourth-order valence-corrected chi connectivity index (χ4v) is 1.91. The fourth-order valence-electron chi connectivity index (χ4n) is 1.91. The zero-order valence-corrected chi connectivity index (χ0v) is 13.8. The number of benzene rings is 3. The number of hydrogen-bond donors (Lipinski definition) is 3. The molecular weight excluding hydrogens is 332 g/mol. The van der Waals surface area contributed by atoms with Crippen molar-refractivity contribution >= 4 is 11.0 Å². The molecule has 4 rings (SSSR count). The van der Waals surface area contributed by atoms with E-state index >= 15 is 0 Å². The van der Waals surface area contributed by atoms with Crippen LogP contribution in [0.5, 0.6) is 17.2 Å². The number of phenolic OH excluding ortho intramolecular Hbond substituents is 2. The van der Waals surface area contributed by atoms with Crippen molar-refractivity contribution in [1.29, 1.82) is 0 Å². The van der Waals surface area contributed by atoms with Crippen LogP contribution in [0.15, 0.2) is 100 Å². The monoisotopic (exact) mass is 350 g/mol. The van der Waals surface area contributed by atoms with Crippen LogP contribution in [-0.2, 0) is 0 Å². The Kier molecular flexibility index (Phi) is 6.83. The summed E-state index contributed by atoms with van der Waals surface area (Å²) in [5.74, 6) is 0.290. The van der Waals surface area contributed by atoms with Crippen LogP contribution in [0, 0.1) is 0 Å². The number of para-hydroxylation sites is 3. The van der Waals surface area contributed by atoms with Crippen LogP contribution in [0.3, 0.4) is 0 Å². The third kappa shape index (κ3) is 6.05. The van der Waals surface area contributed by atoms with Crippen LogP contribution in [0.4, 0.5) is 0 Å². The van der Waals surface area contributed by atoms with E-state index in [2.05, 4.69) is 0 Å². The van der Waals surface area contributed by atoms with Gasteiger partial charge >= 0.3 is 5.63 Å². The standard InChI is InChI=1S/C9H6O3.2C6H6O/c10-7-5-6-3-1-2-4-8(6)12-9(7)11;2*7-6-4-2-1-3-5-6/h1-5,10H;2*1-5,7H. The highest BCUT2D eigenvalue weighted by Crippen LogP contribution is 2.14. The molecule has 0 spiro atoms. The average Bonchev–Trinajstić information content (AvgIpc) is 2.65. The molecule has 0 saturated heterocycles. The lowest BCUT2D eigenvalue weighted by Crippen LogP contribution is -1.96. The van der Waals surface area contributed by atoms with E-state index in [1.54, 1.807) is 66.7 Å². The SMILES string of the molecule is O=c1oc2ccccc2cc1O.Oc1ccccc1.Oc1ccccc1. The van der Waals surface area contributed by atoms with Gasteiger partial charge in [0.1, 0.15) is 17.1 Å². The second-order valence-electron chi connectivity index (χ2n) is 5.13. The van der Waals surface area contributed by atoms with Gasteiger partial charge in [0.2, 0.25) is 5.75 Å². The van der Waals surface area contributed by atoms with Gasteiger partial charge < -0.3 is 19.7 Å². The van der Waals surface area contributed by atoms with Crippen molar-refractivity contribution < 1.29 is 19.7 Å². The summed E-state index contributed by atoms with van der Waals surface area (Å²) in [6.45, 7) is 0. The molecule has 0 radical (unpaired) electrons. The summed E-state index contributed by atoms with van der Waals surface area (Å²) >= 11 is 0. The fraction of sp³-hybridized carbons (Fsp3) is 0. The van der Waals surface area contributed by atoms with E-state index in [1.165, 1.54) is 6.07 Å². The minimum atomic E-state index is -0.700. The Morgan fingerprint density at radius 3 is 1.54 bits per heavy atom. The molecule has 132 valence electrons. The van der Waals surface area contributed by atoms with Crippen molar-refractivity contribution in [3.05, 3.63) is 101 Å². The van der Waals surface area contributed by atoms with E-state index in [-0.39, 0.29) is 5.75 Å². The zero-order chi connectivity index (χ0) is 18.8. The molecule has 0 fully saturated rings. The quantitative estimate of drug-likeness (QED) is 0.412. The van der Waals surface area contributed by atoms with Gasteiger partial charge in [-0.15, -0.1) is 0 Å². The van der Waals surface area contributed by atoms with Gasteiger partial charge in [-0.25, -0.2) is 4.79 Å². The summed E-state index contributed by atoms with van der Waals surface area (Å²) in [4.78, 5) is 10.8. The smallest absolute Gasteiger partial charge is 0.378 e. The molecule has 1 aromatic heterocycles. The number of hydrogen-bond acceptors (Lipinski definition) is 5. The molecule has 5 nitrogen and oxygen atoms in total. The molecule has 0 aliphatic heterocycles. The van der Waals surface area contributed by atoms with E-state index < -0.39 is 5.63 Å². The van der Waals surface area contributed by atoms with Crippen molar-refractivity contribution in [3.63, 3.8) is 0 Å².